The second-order valence-corrected chi connectivity index (χ2v) is 3.42. The molecule has 0 bridgehead atoms. The Hall–Kier alpha value is 0.440. The van der Waals surface area contributed by atoms with Crippen LogP contribution in [0.1, 0.15) is 25.7 Å². The summed E-state index contributed by atoms with van der Waals surface area (Å²) in [7, 11) is 0. The summed E-state index contributed by atoms with van der Waals surface area (Å²) in [4.78, 5) is 0. The summed E-state index contributed by atoms with van der Waals surface area (Å²) in [6.07, 6.45) is 5.47. The van der Waals surface area contributed by atoms with Crippen LogP contribution in [0.25, 0.3) is 0 Å². The first-order chi connectivity index (χ1) is 4.43. The average molecular weight is 192 g/mol. The molecule has 0 amide bonds. The molecular weight excluding hydrogens is 178 g/mol. The van der Waals surface area contributed by atoms with Crippen LogP contribution < -0.4 is 5.32 Å². The quantitative estimate of drug-likeness (QED) is 0.659. The predicted octanol–water partition coefficient (Wildman–Crippen LogP) is 1.91. The molecule has 1 rings (SSSR count). The molecule has 0 aromatic rings. The lowest BCUT2D eigenvalue weighted by Crippen LogP contribution is -2.34. The first-order valence-corrected chi connectivity index (χ1v) is 4.85. The molecule has 0 spiro atoms. The number of hydrogen-bond donors (Lipinski definition) is 1. The zero-order chi connectivity index (χ0) is 6.53. The van der Waals surface area contributed by atoms with Crippen molar-refractivity contribution in [2.75, 3.05) is 11.9 Å². The van der Waals surface area contributed by atoms with Crippen molar-refractivity contribution in [1.29, 1.82) is 0 Å². The van der Waals surface area contributed by atoms with Crippen LogP contribution in [0.2, 0.25) is 0 Å². The monoisotopic (exact) mass is 191 g/mol. The molecule has 0 unspecified atom stereocenters. The summed E-state index contributed by atoms with van der Waals surface area (Å²) in [6.45, 7) is 1.23. The number of hydrogen-bond acceptors (Lipinski definition) is 1. The van der Waals surface area contributed by atoms with E-state index in [4.69, 9.17) is 0 Å². The van der Waals surface area contributed by atoms with Gasteiger partial charge in [-0.25, -0.2) is 0 Å². The number of rotatable bonds is 2. The molecule has 1 atom stereocenters. The molecule has 1 heterocycles. The minimum absolute atomic E-state index is 0.804. The lowest BCUT2D eigenvalue weighted by atomic mass is 10.0. The summed E-state index contributed by atoms with van der Waals surface area (Å²) < 4.78 is 0. The Morgan fingerprint density at radius 1 is 1.44 bits per heavy atom. The van der Waals surface area contributed by atoms with E-state index in [9.17, 15) is 0 Å². The minimum Gasteiger partial charge on any atom is -0.314 e. The van der Waals surface area contributed by atoms with Crippen molar-refractivity contribution in [3.8, 4) is 0 Å². The Morgan fingerprint density at radius 3 is 2.89 bits per heavy atom. The normalized spacial score (nSPS) is 28.3. The van der Waals surface area contributed by atoms with E-state index in [2.05, 4.69) is 21.2 Å². The van der Waals surface area contributed by atoms with Crippen LogP contribution in [-0.4, -0.2) is 17.9 Å². The van der Waals surface area contributed by atoms with Crippen molar-refractivity contribution in [3.05, 3.63) is 0 Å². The molecule has 0 radical (unpaired) electrons. The minimum atomic E-state index is 0.804. The fourth-order valence-electron chi connectivity index (χ4n) is 1.30. The molecular formula is C7H14BrN. The highest BCUT2D eigenvalue weighted by molar-refractivity contribution is 9.09. The number of halogens is 1. The van der Waals surface area contributed by atoms with Gasteiger partial charge in [0.05, 0.1) is 0 Å². The molecule has 1 fully saturated rings. The first-order valence-electron chi connectivity index (χ1n) is 3.73. The molecule has 1 N–H and O–H groups in total. The lowest BCUT2D eigenvalue weighted by molar-refractivity contribution is 0.395. The van der Waals surface area contributed by atoms with Crippen molar-refractivity contribution in [1.82, 2.24) is 5.32 Å². The topological polar surface area (TPSA) is 12.0 Å². The Labute approximate surface area is 65.3 Å². The second kappa shape index (κ2) is 4.29. The smallest absolute Gasteiger partial charge is 0.00750 e. The largest absolute Gasteiger partial charge is 0.314 e. The van der Waals surface area contributed by atoms with Crippen molar-refractivity contribution < 1.29 is 0 Å². The number of nitrogens with one attached hydrogen (secondary N) is 1. The maximum Gasteiger partial charge on any atom is 0.00750 e. The van der Waals surface area contributed by atoms with E-state index in [1.54, 1.807) is 0 Å². The van der Waals surface area contributed by atoms with E-state index in [0.29, 0.717) is 0 Å². The molecule has 1 aliphatic rings. The molecule has 0 aromatic heterocycles. The highest BCUT2D eigenvalue weighted by atomic mass is 79.9. The Balaban J connectivity index is 2.08. The molecule has 1 nitrogen and oxygen atoms in total. The van der Waals surface area contributed by atoms with Crippen molar-refractivity contribution in [2.45, 2.75) is 31.7 Å². The van der Waals surface area contributed by atoms with Gasteiger partial charge in [0.2, 0.25) is 0 Å². The average Bonchev–Trinajstić information content (AvgIpc) is 1.91. The van der Waals surface area contributed by atoms with E-state index in [1.165, 1.54) is 32.2 Å². The van der Waals surface area contributed by atoms with Crippen LogP contribution in [-0.2, 0) is 0 Å². The van der Waals surface area contributed by atoms with Gasteiger partial charge in [0, 0.05) is 11.4 Å². The molecule has 1 aliphatic heterocycles. The fourth-order valence-corrected chi connectivity index (χ4v) is 1.85. The number of alkyl halides is 1. The molecule has 0 saturated carbocycles. The Bertz CT molecular complexity index is 66.6. The fraction of sp³-hybridized carbons (Fsp3) is 1.00. The van der Waals surface area contributed by atoms with Crippen LogP contribution in [0, 0.1) is 0 Å². The zero-order valence-corrected chi connectivity index (χ0v) is 7.28. The maximum atomic E-state index is 3.49. The molecule has 54 valence electrons. The van der Waals surface area contributed by atoms with Crippen molar-refractivity contribution in [3.63, 3.8) is 0 Å². The SMILES string of the molecule is BrCC[C@@H]1CCCCN1. The van der Waals surface area contributed by atoms with Gasteiger partial charge in [-0.2, -0.15) is 0 Å². The van der Waals surface area contributed by atoms with Crippen LogP contribution in [0.4, 0.5) is 0 Å². The standard InChI is InChI=1S/C7H14BrN/c8-5-4-7-3-1-2-6-9-7/h7,9H,1-6H2/t7-/m0/s1. The maximum absolute atomic E-state index is 3.49. The third-order valence-corrected chi connectivity index (χ3v) is 2.33. The van der Waals surface area contributed by atoms with Gasteiger partial charge in [-0.1, -0.05) is 22.4 Å². The van der Waals surface area contributed by atoms with E-state index >= 15 is 0 Å². The predicted molar refractivity (Wildman–Crippen MR) is 44.1 cm³/mol. The molecule has 0 aliphatic carbocycles. The van der Waals surface area contributed by atoms with Crippen LogP contribution in [0.15, 0.2) is 0 Å². The highest BCUT2D eigenvalue weighted by Gasteiger charge is 2.10. The third kappa shape index (κ3) is 2.67. The first kappa shape index (κ1) is 7.55. The van der Waals surface area contributed by atoms with E-state index < -0.39 is 0 Å². The van der Waals surface area contributed by atoms with Crippen LogP contribution >= 0.6 is 15.9 Å². The van der Waals surface area contributed by atoms with Gasteiger partial charge in [-0.05, 0) is 25.8 Å². The highest BCUT2D eigenvalue weighted by Crippen LogP contribution is 2.10. The van der Waals surface area contributed by atoms with E-state index in [0.717, 1.165) is 11.4 Å². The van der Waals surface area contributed by atoms with Gasteiger partial charge in [0.1, 0.15) is 0 Å². The van der Waals surface area contributed by atoms with Crippen molar-refractivity contribution >= 4 is 15.9 Å². The Morgan fingerprint density at radius 2 is 2.33 bits per heavy atom. The second-order valence-electron chi connectivity index (χ2n) is 2.62. The molecule has 2 heteroatoms. The summed E-state index contributed by atoms with van der Waals surface area (Å²) in [6, 6.07) is 0.804. The molecule has 9 heavy (non-hydrogen) atoms. The van der Waals surface area contributed by atoms with Gasteiger partial charge in [-0.15, -0.1) is 0 Å². The van der Waals surface area contributed by atoms with Gasteiger partial charge in [0.15, 0.2) is 0 Å². The summed E-state index contributed by atoms with van der Waals surface area (Å²) in [5, 5.41) is 4.63. The van der Waals surface area contributed by atoms with Crippen LogP contribution in [0.3, 0.4) is 0 Å². The molecule has 0 aromatic carbocycles. The summed E-state index contributed by atoms with van der Waals surface area (Å²) in [5.74, 6) is 0. The number of piperidine rings is 1. The molecule has 1 saturated heterocycles. The Kier molecular flexibility index (Phi) is 3.59. The van der Waals surface area contributed by atoms with E-state index in [-0.39, 0.29) is 0 Å². The third-order valence-electron chi connectivity index (χ3n) is 1.87. The van der Waals surface area contributed by atoms with E-state index in [1.807, 2.05) is 0 Å². The van der Waals surface area contributed by atoms with Crippen molar-refractivity contribution in [2.24, 2.45) is 0 Å². The van der Waals surface area contributed by atoms with Gasteiger partial charge < -0.3 is 5.32 Å². The lowest BCUT2D eigenvalue weighted by Gasteiger charge is -2.22. The summed E-state index contributed by atoms with van der Waals surface area (Å²) in [5.41, 5.74) is 0. The van der Waals surface area contributed by atoms with Gasteiger partial charge in [0.25, 0.3) is 0 Å². The summed E-state index contributed by atoms with van der Waals surface area (Å²) >= 11 is 3.44. The zero-order valence-electron chi connectivity index (χ0n) is 5.70. The van der Waals surface area contributed by atoms with Crippen LogP contribution in [0.5, 0.6) is 0 Å². The van der Waals surface area contributed by atoms with Gasteiger partial charge in [-0.3, -0.25) is 0 Å². The van der Waals surface area contributed by atoms with Gasteiger partial charge >= 0.3 is 0 Å².